The van der Waals surface area contributed by atoms with Gasteiger partial charge >= 0.3 is 0 Å². The molecule has 0 heterocycles. The van der Waals surface area contributed by atoms with Gasteiger partial charge in [-0.1, -0.05) is 18.2 Å². The fourth-order valence-corrected chi connectivity index (χ4v) is 1.56. The van der Waals surface area contributed by atoms with Crippen molar-refractivity contribution < 1.29 is 9.59 Å². The van der Waals surface area contributed by atoms with Crippen molar-refractivity contribution in [1.82, 2.24) is 0 Å². The predicted molar refractivity (Wildman–Crippen MR) is 78.1 cm³/mol. The first kappa shape index (κ1) is 17.4. The van der Waals surface area contributed by atoms with Gasteiger partial charge in [0.05, 0.1) is 6.04 Å². The van der Waals surface area contributed by atoms with E-state index in [9.17, 15) is 9.59 Å². The fourth-order valence-electron chi connectivity index (χ4n) is 1.56. The molecule has 0 radical (unpaired) electrons. The zero-order valence-corrected chi connectivity index (χ0v) is 11.7. The quantitative estimate of drug-likeness (QED) is 0.732. The number of carbonyl (C=O) groups is 2. The summed E-state index contributed by atoms with van der Waals surface area (Å²) in [6.45, 7) is 1.63. The van der Waals surface area contributed by atoms with Crippen LogP contribution in [0.2, 0.25) is 0 Å². The molecule has 5 nitrogen and oxygen atoms in total. The maximum absolute atomic E-state index is 11.5. The Morgan fingerprint density at radius 3 is 2.53 bits per heavy atom. The predicted octanol–water partition coefficient (Wildman–Crippen LogP) is 1.20. The standard InChI is InChI=1S/C13H19N3O2.ClH/c1-9(14)13(18)16-11-7-3-2-5-10(11)6-4-8-12(15)17;/h2-3,5,7,9H,4,6,8,14H2,1H3,(H2,15,17)(H,16,18);1H/t9-;/m1./s1. The zero-order chi connectivity index (χ0) is 13.5. The van der Waals surface area contributed by atoms with E-state index in [2.05, 4.69) is 5.32 Å². The number of nitrogens with one attached hydrogen (secondary N) is 1. The minimum atomic E-state index is -0.552. The molecular weight excluding hydrogens is 266 g/mol. The van der Waals surface area contributed by atoms with E-state index < -0.39 is 6.04 Å². The van der Waals surface area contributed by atoms with Crippen molar-refractivity contribution >= 4 is 29.9 Å². The zero-order valence-electron chi connectivity index (χ0n) is 10.9. The Kier molecular flexibility index (Phi) is 7.79. The summed E-state index contributed by atoms with van der Waals surface area (Å²) in [5.41, 5.74) is 12.3. The van der Waals surface area contributed by atoms with Crippen molar-refractivity contribution in [3.05, 3.63) is 29.8 Å². The summed E-state index contributed by atoms with van der Waals surface area (Å²) in [7, 11) is 0. The van der Waals surface area contributed by atoms with Crippen molar-refractivity contribution in [1.29, 1.82) is 0 Å². The van der Waals surface area contributed by atoms with Crippen LogP contribution in [-0.4, -0.2) is 17.9 Å². The van der Waals surface area contributed by atoms with Gasteiger partial charge in [0.25, 0.3) is 0 Å². The number of para-hydroxylation sites is 1. The second-order valence-electron chi connectivity index (χ2n) is 4.25. The summed E-state index contributed by atoms with van der Waals surface area (Å²) >= 11 is 0. The third kappa shape index (κ3) is 6.22. The number of hydrogen-bond acceptors (Lipinski definition) is 3. The number of carbonyl (C=O) groups excluding carboxylic acids is 2. The molecule has 1 atom stereocenters. The van der Waals surface area contributed by atoms with Gasteiger partial charge in [-0.05, 0) is 31.4 Å². The molecule has 0 fully saturated rings. The highest BCUT2D eigenvalue weighted by Gasteiger charge is 2.10. The second-order valence-corrected chi connectivity index (χ2v) is 4.25. The first-order valence-electron chi connectivity index (χ1n) is 5.93. The maximum Gasteiger partial charge on any atom is 0.241 e. The molecule has 0 spiro atoms. The van der Waals surface area contributed by atoms with Crippen LogP contribution in [0.25, 0.3) is 0 Å². The monoisotopic (exact) mass is 285 g/mol. The van der Waals surface area contributed by atoms with Crippen LogP contribution >= 0.6 is 12.4 Å². The molecule has 0 unspecified atom stereocenters. The number of halogens is 1. The first-order chi connectivity index (χ1) is 8.50. The number of rotatable bonds is 6. The van der Waals surface area contributed by atoms with Crippen LogP contribution in [0.5, 0.6) is 0 Å². The molecule has 6 heteroatoms. The largest absolute Gasteiger partial charge is 0.370 e. The number of nitrogens with two attached hydrogens (primary N) is 2. The number of benzene rings is 1. The molecule has 106 valence electrons. The Balaban J connectivity index is 0.00000324. The van der Waals surface area contributed by atoms with Gasteiger partial charge in [0.2, 0.25) is 11.8 Å². The molecular formula is C13H20ClN3O2. The van der Waals surface area contributed by atoms with E-state index in [-0.39, 0.29) is 24.2 Å². The molecule has 19 heavy (non-hydrogen) atoms. The van der Waals surface area contributed by atoms with Gasteiger partial charge in [0, 0.05) is 12.1 Å². The fraction of sp³-hybridized carbons (Fsp3) is 0.385. The summed E-state index contributed by atoms with van der Waals surface area (Å²) < 4.78 is 0. The molecule has 1 aromatic carbocycles. The lowest BCUT2D eigenvalue weighted by Gasteiger charge is -2.12. The molecule has 0 bridgehead atoms. The first-order valence-corrected chi connectivity index (χ1v) is 5.93. The van der Waals surface area contributed by atoms with Gasteiger partial charge in [-0.15, -0.1) is 12.4 Å². The van der Waals surface area contributed by atoms with Crippen LogP contribution in [-0.2, 0) is 16.0 Å². The number of aryl methyl sites for hydroxylation is 1. The maximum atomic E-state index is 11.5. The van der Waals surface area contributed by atoms with Crippen molar-refractivity contribution in [3.8, 4) is 0 Å². The van der Waals surface area contributed by atoms with Gasteiger partial charge in [-0.2, -0.15) is 0 Å². The Morgan fingerprint density at radius 1 is 1.32 bits per heavy atom. The van der Waals surface area contributed by atoms with E-state index >= 15 is 0 Å². The second kappa shape index (κ2) is 8.50. The summed E-state index contributed by atoms with van der Waals surface area (Å²) in [6.07, 6.45) is 1.70. The van der Waals surface area contributed by atoms with Crippen molar-refractivity contribution in [2.75, 3.05) is 5.32 Å². The summed E-state index contributed by atoms with van der Waals surface area (Å²) in [5.74, 6) is -0.538. The molecule has 0 aliphatic rings. The molecule has 1 aromatic rings. The van der Waals surface area contributed by atoms with Crippen LogP contribution in [0, 0.1) is 0 Å². The Labute approximate surface area is 119 Å². The van der Waals surface area contributed by atoms with Crippen molar-refractivity contribution in [3.63, 3.8) is 0 Å². The highest BCUT2D eigenvalue weighted by Crippen LogP contribution is 2.17. The lowest BCUT2D eigenvalue weighted by molar-refractivity contribution is -0.118. The number of amides is 2. The Hall–Kier alpha value is -1.59. The van der Waals surface area contributed by atoms with Crippen LogP contribution in [0.1, 0.15) is 25.3 Å². The van der Waals surface area contributed by atoms with Crippen LogP contribution in [0.3, 0.4) is 0 Å². The number of anilines is 1. The van der Waals surface area contributed by atoms with Crippen molar-refractivity contribution in [2.45, 2.75) is 32.2 Å². The highest BCUT2D eigenvalue weighted by atomic mass is 35.5. The van der Waals surface area contributed by atoms with Gasteiger partial charge in [-0.3, -0.25) is 9.59 Å². The molecule has 0 aromatic heterocycles. The van der Waals surface area contributed by atoms with Gasteiger partial charge in [0.15, 0.2) is 0 Å². The molecule has 5 N–H and O–H groups in total. The van der Waals surface area contributed by atoms with Crippen molar-refractivity contribution in [2.24, 2.45) is 11.5 Å². The Morgan fingerprint density at radius 2 is 1.95 bits per heavy atom. The van der Waals surface area contributed by atoms with Gasteiger partial charge < -0.3 is 16.8 Å². The third-order valence-corrected chi connectivity index (χ3v) is 2.56. The number of hydrogen-bond donors (Lipinski definition) is 3. The average molecular weight is 286 g/mol. The van der Waals surface area contributed by atoms with Crippen LogP contribution in [0.15, 0.2) is 24.3 Å². The third-order valence-electron chi connectivity index (χ3n) is 2.56. The summed E-state index contributed by atoms with van der Waals surface area (Å²) in [6, 6.07) is 6.91. The van der Waals surface area contributed by atoms with E-state index in [0.717, 1.165) is 11.3 Å². The van der Waals surface area contributed by atoms with Gasteiger partial charge in [-0.25, -0.2) is 0 Å². The molecule has 0 saturated heterocycles. The van der Waals surface area contributed by atoms with E-state index in [1.165, 1.54) is 0 Å². The van der Waals surface area contributed by atoms with E-state index in [1.54, 1.807) is 6.92 Å². The Bertz CT molecular complexity index is 436. The molecule has 0 aliphatic carbocycles. The summed E-state index contributed by atoms with van der Waals surface area (Å²) in [4.78, 5) is 22.2. The van der Waals surface area contributed by atoms with E-state index in [1.807, 2.05) is 24.3 Å². The van der Waals surface area contributed by atoms with Gasteiger partial charge in [0.1, 0.15) is 0 Å². The SMILES string of the molecule is C[C@@H](N)C(=O)Nc1ccccc1CCCC(N)=O.Cl. The summed E-state index contributed by atoms with van der Waals surface area (Å²) in [5, 5.41) is 2.77. The smallest absolute Gasteiger partial charge is 0.241 e. The van der Waals surface area contributed by atoms with E-state index in [4.69, 9.17) is 11.5 Å². The minimum Gasteiger partial charge on any atom is -0.370 e. The molecule has 2 amide bonds. The lowest BCUT2D eigenvalue weighted by Crippen LogP contribution is -2.32. The number of primary amides is 1. The van der Waals surface area contributed by atoms with Crippen LogP contribution in [0.4, 0.5) is 5.69 Å². The lowest BCUT2D eigenvalue weighted by atomic mass is 10.1. The van der Waals surface area contributed by atoms with Crippen LogP contribution < -0.4 is 16.8 Å². The highest BCUT2D eigenvalue weighted by molar-refractivity contribution is 5.95. The molecule has 1 rings (SSSR count). The average Bonchev–Trinajstić information content (AvgIpc) is 2.30. The molecule has 0 aliphatic heterocycles. The van der Waals surface area contributed by atoms with E-state index in [0.29, 0.717) is 19.3 Å². The topological polar surface area (TPSA) is 98.2 Å². The normalized spacial score (nSPS) is 11.3. The molecule has 0 saturated carbocycles. The minimum absolute atomic E-state index is 0.